The number of ether oxygens (including phenoxy) is 1. The molecule has 2 rings (SSSR count). The van der Waals surface area contributed by atoms with Crippen LogP contribution in [-0.2, 0) is 9.53 Å². The molecule has 0 bridgehead atoms. The fraction of sp³-hybridized carbons (Fsp3) is 0.500. The number of hydrogen-bond donors (Lipinski definition) is 1. The van der Waals surface area contributed by atoms with Crippen molar-refractivity contribution in [2.45, 2.75) is 25.6 Å². The van der Waals surface area contributed by atoms with Crippen molar-refractivity contribution < 1.29 is 14.5 Å². The van der Waals surface area contributed by atoms with Gasteiger partial charge in [0.2, 0.25) is 5.91 Å². The normalized spacial score (nSPS) is 19.8. The van der Waals surface area contributed by atoms with Crippen molar-refractivity contribution >= 4 is 11.6 Å². The van der Waals surface area contributed by atoms with Gasteiger partial charge in [-0.05, 0) is 24.1 Å². The summed E-state index contributed by atoms with van der Waals surface area (Å²) in [6.07, 6.45) is 0.517. The minimum absolute atomic E-state index is 0.0160. The molecular formula is C14H19N3O4. The van der Waals surface area contributed by atoms with E-state index in [-0.39, 0.29) is 30.3 Å². The lowest BCUT2D eigenvalue weighted by Gasteiger charge is -2.32. The summed E-state index contributed by atoms with van der Waals surface area (Å²) in [7, 11) is 1.61. The van der Waals surface area contributed by atoms with Gasteiger partial charge < -0.3 is 9.64 Å². The molecule has 1 saturated heterocycles. The average molecular weight is 293 g/mol. The molecular weight excluding hydrogens is 274 g/mol. The SMILES string of the molecule is CCC(COC)N1C(=O)CNC1c1ccc([N+](=O)[O-])cc1. The number of amides is 1. The van der Waals surface area contributed by atoms with Crippen molar-refractivity contribution in [1.82, 2.24) is 10.2 Å². The van der Waals surface area contributed by atoms with Gasteiger partial charge in [0.05, 0.1) is 24.1 Å². The van der Waals surface area contributed by atoms with Crippen molar-refractivity contribution in [1.29, 1.82) is 0 Å². The summed E-state index contributed by atoms with van der Waals surface area (Å²) in [5.41, 5.74) is 0.875. The first-order valence-corrected chi connectivity index (χ1v) is 6.86. The first kappa shape index (κ1) is 15.4. The number of benzene rings is 1. The Balaban J connectivity index is 2.24. The Hall–Kier alpha value is -1.99. The molecule has 0 spiro atoms. The van der Waals surface area contributed by atoms with Gasteiger partial charge in [0, 0.05) is 19.2 Å². The first-order valence-electron chi connectivity index (χ1n) is 6.86. The Morgan fingerprint density at radius 1 is 1.48 bits per heavy atom. The van der Waals surface area contributed by atoms with E-state index in [1.54, 1.807) is 24.1 Å². The Bertz CT molecular complexity index is 517. The summed E-state index contributed by atoms with van der Waals surface area (Å²) in [5, 5.41) is 13.8. The second-order valence-electron chi connectivity index (χ2n) is 4.95. The molecule has 1 fully saturated rings. The predicted molar refractivity (Wildman–Crippen MR) is 76.6 cm³/mol. The zero-order valence-corrected chi connectivity index (χ0v) is 12.1. The van der Waals surface area contributed by atoms with Crippen LogP contribution in [0.4, 0.5) is 5.69 Å². The van der Waals surface area contributed by atoms with E-state index in [2.05, 4.69) is 5.32 Å². The number of nitrogens with one attached hydrogen (secondary N) is 1. The second kappa shape index (κ2) is 6.64. The van der Waals surface area contributed by atoms with Crippen LogP contribution >= 0.6 is 0 Å². The number of carbonyl (C=O) groups excluding carboxylic acids is 1. The van der Waals surface area contributed by atoms with Gasteiger partial charge in [-0.25, -0.2) is 0 Å². The summed E-state index contributed by atoms with van der Waals surface area (Å²) >= 11 is 0. The van der Waals surface area contributed by atoms with Crippen LogP contribution in [0.2, 0.25) is 0 Å². The highest BCUT2D eigenvalue weighted by atomic mass is 16.6. The van der Waals surface area contributed by atoms with Crippen LogP contribution in [-0.4, -0.2) is 42.0 Å². The highest BCUT2D eigenvalue weighted by Gasteiger charge is 2.36. The van der Waals surface area contributed by atoms with E-state index in [0.29, 0.717) is 6.61 Å². The third-order valence-corrected chi connectivity index (χ3v) is 3.66. The van der Waals surface area contributed by atoms with Gasteiger partial charge in [-0.3, -0.25) is 20.2 Å². The van der Waals surface area contributed by atoms with Crippen LogP contribution in [0.25, 0.3) is 0 Å². The van der Waals surface area contributed by atoms with Gasteiger partial charge in [0.1, 0.15) is 6.17 Å². The molecule has 0 saturated carbocycles. The van der Waals surface area contributed by atoms with Crippen LogP contribution < -0.4 is 5.32 Å². The van der Waals surface area contributed by atoms with E-state index in [1.165, 1.54) is 12.1 Å². The van der Waals surface area contributed by atoms with Crippen LogP contribution in [0.1, 0.15) is 25.1 Å². The molecule has 1 aromatic carbocycles. The van der Waals surface area contributed by atoms with Gasteiger partial charge in [-0.15, -0.1) is 0 Å². The molecule has 1 aliphatic heterocycles. The molecule has 1 N–H and O–H groups in total. The van der Waals surface area contributed by atoms with Crippen LogP contribution in [0.5, 0.6) is 0 Å². The van der Waals surface area contributed by atoms with Crippen molar-refractivity contribution in [2.75, 3.05) is 20.3 Å². The number of nitro groups is 1. The molecule has 0 aliphatic carbocycles. The van der Waals surface area contributed by atoms with E-state index in [4.69, 9.17) is 4.74 Å². The van der Waals surface area contributed by atoms with Gasteiger partial charge in [0.15, 0.2) is 0 Å². The number of hydrogen-bond acceptors (Lipinski definition) is 5. The lowest BCUT2D eigenvalue weighted by Crippen LogP contribution is -2.41. The summed E-state index contributed by atoms with van der Waals surface area (Å²) < 4.78 is 5.18. The lowest BCUT2D eigenvalue weighted by atomic mass is 10.1. The maximum absolute atomic E-state index is 12.1. The monoisotopic (exact) mass is 293 g/mol. The van der Waals surface area contributed by atoms with E-state index in [0.717, 1.165) is 12.0 Å². The molecule has 1 aromatic rings. The molecule has 7 heteroatoms. The standard InChI is InChI=1S/C14H19N3O4/c1-3-11(9-21-2)16-13(18)8-15-14(16)10-4-6-12(7-5-10)17(19)20/h4-7,11,14-15H,3,8-9H2,1-2H3. The fourth-order valence-electron chi connectivity index (χ4n) is 2.58. The molecule has 1 aliphatic rings. The molecule has 7 nitrogen and oxygen atoms in total. The molecule has 114 valence electrons. The topological polar surface area (TPSA) is 84.7 Å². The Kier molecular flexibility index (Phi) is 4.87. The van der Waals surface area contributed by atoms with Gasteiger partial charge in [0.25, 0.3) is 5.69 Å². The molecule has 2 unspecified atom stereocenters. The maximum atomic E-state index is 12.1. The second-order valence-corrected chi connectivity index (χ2v) is 4.95. The molecule has 0 radical (unpaired) electrons. The van der Waals surface area contributed by atoms with E-state index in [9.17, 15) is 14.9 Å². The summed E-state index contributed by atoms with van der Waals surface area (Å²) in [4.78, 5) is 24.1. The number of rotatable bonds is 6. The summed E-state index contributed by atoms with van der Waals surface area (Å²) in [6.45, 7) is 2.73. The van der Waals surface area contributed by atoms with E-state index >= 15 is 0 Å². The first-order chi connectivity index (χ1) is 10.1. The summed E-state index contributed by atoms with van der Waals surface area (Å²) in [5.74, 6) is 0.0160. The highest BCUT2D eigenvalue weighted by Crippen LogP contribution is 2.27. The zero-order valence-electron chi connectivity index (χ0n) is 12.1. The molecule has 21 heavy (non-hydrogen) atoms. The zero-order chi connectivity index (χ0) is 15.4. The number of nitro benzene ring substituents is 1. The third kappa shape index (κ3) is 3.20. The fourth-order valence-corrected chi connectivity index (χ4v) is 2.58. The van der Waals surface area contributed by atoms with Gasteiger partial charge in [-0.2, -0.15) is 0 Å². The van der Waals surface area contributed by atoms with Crippen LogP contribution in [0.3, 0.4) is 0 Å². The Morgan fingerprint density at radius 2 is 2.14 bits per heavy atom. The number of non-ortho nitro benzene ring substituents is 1. The van der Waals surface area contributed by atoms with Crippen LogP contribution in [0, 0.1) is 10.1 Å². The lowest BCUT2D eigenvalue weighted by molar-refractivity contribution is -0.384. The number of methoxy groups -OCH3 is 1. The van der Waals surface area contributed by atoms with Crippen LogP contribution in [0.15, 0.2) is 24.3 Å². The smallest absolute Gasteiger partial charge is 0.269 e. The predicted octanol–water partition coefficient (Wildman–Crippen LogP) is 1.45. The van der Waals surface area contributed by atoms with Gasteiger partial charge >= 0.3 is 0 Å². The third-order valence-electron chi connectivity index (χ3n) is 3.66. The van der Waals surface area contributed by atoms with Crippen molar-refractivity contribution in [3.63, 3.8) is 0 Å². The average Bonchev–Trinajstić information content (AvgIpc) is 2.86. The minimum atomic E-state index is -0.436. The van der Waals surface area contributed by atoms with Gasteiger partial charge in [-0.1, -0.05) is 6.92 Å². The van der Waals surface area contributed by atoms with Crippen molar-refractivity contribution in [3.05, 3.63) is 39.9 Å². The molecule has 1 heterocycles. The largest absolute Gasteiger partial charge is 0.383 e. The quantitative estimate of drug-likeness (QED) is 0.634. The van der Waals surface area contributed by atoms with E-state index < -0.39 is 4.92 Å². The number of nitrogens with zero attached hydrogens (tertiary/aromatic N) is 2. The highest BCUT2D eigenvalue weighted by molar-refractivity contribution is 5.81. The Labute approximate surface area is 123 Å². The Morgan fingerprint density at radius 3 is 2.67 bits per heavy atom. The number of carbonyl (C=O) groups is 1. The molecule has 1 amide bonds. The van der Waals surface area contributed by atoms with E-state index in [1.807, 2.05) is 6.92 Å². The minimum Gasteiger partial charge on any atom is -0.383 e. The summed E-state index contributed by atoms with van der Waals surface area (Å²) in [6, 6.07) is 6.25. The van der Waals surface area contributed by atoms with Crippen molar-refractivity contribution in [2.24, 2.45) is 0 Å². The molecule has 0 aromatic heterocycles. The maximum Gasteiger partial charge on any atom is 0.269 e. The molecule has 2 atom stereocenters. The van der Waals surface area contributed by atoms with Crippen molar-refractivity contribution in [3.8, 4) is 0 Å².